The molecule has 0 saturated carbocycles. The second-order valence-electron chi connectivity index (χ2n) is 8.28. The van der Waals surface area contributed by atoms with Gasteiger partial charge in [-0.25, -0.2) is 0 Å². The van der Waals surface area contributed by atoms with Crippen LogP contribution in [-0.4, -0.2) is 33.6 Å². The summed E-state index contributed by atoms with van der Waals surface area (Å²) in [5.41, 5.74) is 1.27. The molecule has 0 aromatic rings. The summed E-state index contributed by atoms with van der Waals surface area (Å²) in [4.78, 5) is 0. The molecule has 132 valence electrons. The predicted octanol–water partition coefficient (Wildman–Crippen LogP) is 4.14. The Morgan fingerprint density at radius 2 is 1.83 bits per heavy atom. The van der Waals surface area contributed by atoms with Crippen molar-refractivity contribution in [3.63, 3.8) is 0 Å². The zero-order valence-electron chi connectivity index (χ0n) is 15.4. The molecule has 1 saturated heterocycles. The molecule has 2 bridgehead atoms. The lowest BCUT2D eigenvalue weighted by Crippen LogP contribution is -2.45. The molecule has 0 spiro atoms. The number of rotatable bonds is 1. The summed E-state index contributed by atoms with van der Waals surface area (Å²) >= 11 is 0. The van der Waals surface area contributed by atoms with Gasteiger partial charge in [0, 0.05) is 0 Å². The molecule has 1 fully saturated rings. The molecular formula is C20H34O3. The maximum absolute atomic E-state index is 10.9. The van der Waals surface area contributed by atoms with E-state index in [9.17, 15) is 10.2 Å². The summed E-state index contributed by atoms with van der Waals surface area (Å²) in [6.45, 7) is 10.4. The molecule has 3 heteroatoms. The first-order valence-corrected chi connectivity index (χ1v) is 9.08. The van der Waals surface area contributed by atoms with Crippen molar-refractivity contribution in [2.75, 3.05) is 0 Å². The average Bonchev–Trinajstić information content (AvgIpc) is 2.88. The van der Waals surface area contributed by atoms with Crippen LogP contribution >= 0.6 is 0 Å². The number of aliphatic hydroxyl groups excluding tert-OH is 1. The fourth-order valence-corrected chi connectivity index (χ4v) is 3.67. The van der Waals surface area contributed by atoms with E-state index in [1.807, 2.05) is 13.8 Å². The van der Waals surface area contributed by atoms with Crippen LogP contribution in [0.3, 0.4) is 0 Å². The predicted molar refractivity (Wildman–Crippen MR) is 94.3 cm³/mol. The summed E-state index contributed by atoms with van der Waals surface area (Å²) in [6, 6.07) is 0. The van der Waals surface area contributed by atoms with Gasteiger partial charge in [0.05, 0.1) is 23.4 Å². The van der Waals surface area contributed by atoms with E-state index in [-0.39, 0.29) is 6.10 Å². The molecule has 0 aromatic carbocycles. The molecule has 0 aliphatic carbocycles. The van der Waals surface area contributed by atoms with Crippen LogP contribution in [0.15, 0.2) is 23.3 Å². The van der Waals surface area contributed by atoms with Crippen LogP contribution in [0.2, 0.25) is 0 Å². The molecule has 4 unspecified atom stereocenters. The number of allylic oxidation sites excluding steroid dienone is 4. The minimum Gasteiger partial charge on any atom is -0.390 e. The van der Waals surface area contributed by atoms with E-state index in [4.69, 9.17) is 4.74 Å². The second-order valence-corrected chi connectivity index (χ2v) is 8.28. The number of hydrogen-bond donors (Lipinski definition) is 2. The van der Waals surface area contributed by atoms with Crippen molar-refractivity contribution in [1.82, 2.24) is 0 Å². The van der Waals surface area contributed by atoms with Gasteiger partial charge in [0.25, 0.3) is 0 Å². The summed E-state index contributed by atoms with van der Waals surface area (Å²) in [7, 11) is 0. The second kappa shape index (κ2) is 7.08. The molecule has 3 nitrogen and oxygen atoms in total. The number of fused-ring (bicyclic) bond motifs is 2. The van der Waals surface area contributed by atoms with Crippen molar-refractivity contribution >= 4 is 0 Å². The highest BCUT2D eigenvalue weighted by molar-refractivity contribution is 5.19. The monoisotopic (exact) mass is 322 g/mol. The lowest BCUT2D eigenvalue weighted by atomic mass is 9.85. The van der Waals surface area contributed by atoms with Crippen LogP contribution in [0, 0.1) is 5.92 Å². The van der Waals surface area contributed by atoms with Crippen LogP contribution < -0.4 is 0 Å². The summed E-state index contributed by atoms with van der Waals surface area (Å²) < 4.78 is 6.18. The standard InChI is InChI=1S/C20H34O3/c1-14(2)16-8-6-15(3)7-9-17(21)20(5)13-11-18(23-20)19(4,22)12-10-16/h6,8,14,17-18,21-22H,7,9-13H2,1-5H3. The minimum atomic E-state index is -0.849. The lowest BCUT2D eigenvalue weighted by Gasteiger charge is -2.35. The average molecular weight is 322 g/mol. The zero-order chi connectivity index (χ0) is 17.3. The summed E-state index contributed by atoms with van der Waals surface area (Å²) in [6.07, 6.45) is 8.50. The molecule has 23 heavy (non-hydrogen) atoms. The SMILES string of the molecule is CC1=CC=C(C(C)C)CCC(C)(O)C2CCC(C)(O2)C(O)CC1. The molecule has 2 rings (SSSR count). The maximum Gasteiger partial charge on any atom is 0.0918 e. The van der Waals surface area contributed by atoms with Gasteiger partial charge in [0.2, 0.25) is 0 Å². The van der Waals surface area contributed by atoms with Gasteiger partial charge in [-0.05, 0) is 65.2 Å². The maximum atomic E-state index is 10.9. The topological polar surface area (TPSA) is 49.7 Å². The highest BCUT2D eigenvalue weighted by Gasteiger charge is 2.47. The first kappa shape index (κ1) is 18.7. The van der Waals surface area contributed by atoms with Gasteiger partial charge in [-0.3, -0.25) is 0 Å². The third kappa shape index (κ3) is 4.46. The Balaban J connectivity index is 2.27. The van der Waals surface area contributed by atoms with Crippen molar-refractivity contribution in [2.45, 2.75) is 96.6 Å². The van der Waals surface area contributed by atoms with Crippen LogP contribution in [0.4, 0.5) is 0 Å². The number of ether oxygens (including phenoxy) is 1. The Hall–Kier alpha value is -0.640. The summed E-state index contributed by atoms with van der Waals surface area (Å²) in [5.74, 6) is 0.473. The first-order valence-electron chi connectivity index (χ1n) is 9.08. The van der Waals surface area contributed by atoms with Crippen LogP contribution in [-0.2, 0) is 4.74 Å². The van der Waals surface area contributed by atoms with Gasteiger partial charge in [0.1, 0.15) is 0 Å². The lowest BCUT2D eigenvalue weighted by molar-refractivity contribution is -0.160. The van der Waals surface area contributed by atoms with Crippen molar-refractivity contribution in [3.05, 3.63) is 23.3 Å². The fourth-order valence-electron chi connectivity index (χ4n) is 3.67. The highest BCUT2D eigenvalue weighted by atomic mass is 16.5. The van der Waals surface area contributed by atoms with Gasteiger partial charge in [0.15, 0.2) is 0 Å². The Morgan fingerprint density at radius 3 is 2.48 bits per heavy atom. The first-order chi connectivity index (χ1) is 10.6. The van der Waals surface area contributed by atoms with E-state index in [0.29, 0.717) is 18.8 Å². The van der Waals surface area contributed by atoms with Crippen molar-refractivity contribution < 1.29 is 14.9 Å². The zero-order valence-corrected chi connectivity index (χ0v) is 15.4. The minimum absolute atomic E-state index is 0.189. The van der Waals surface area contributed by atoms with Gasteiger partial charge >= 0.3 is 0 Å². The third-order valence-electron chi connectivity index (χ3n) is 5.77. The molecule has 2 aliphatic heterocycles. The highest BCUT2D eigenvalue weighted by Crippen LogP contribution is 2.41. The Morgan fingerprint density at radius 1 is 1.13 bits per heavy atom. The van der Waals surface area contributed by atoms with Gasteiger partial charge < -0.3 is 14.9 Å². The van der Waals surface area contributed by atoms with E-state index >= 15 is 0 Å². The van der Waals surface area contributed by atoms with E-state index in [2.05, 4.69) is 32.9 Å². The van der Waals surface area contributed by atoms with Crippen molar-refractivity contribution in [1.29, 1.82) is 0 Å². The fraction of sp³-hybridized carbons (Fsp3) is 0.800. The molecule has 2 aliphatic rings. The van der Waals surface area contributed by atoms with E-state index in [1.165, 1.54) is 11.1 Å². The molecule has 0 aromatic heterocycles. The molecular weight excluding hydrogens is 288 g/mol. The Bertz CT molecular complexity index is 475. The van der Waals surface area contributed by atoms with Gasteiger partial charge in [-0.15, -0.1) is 0 Å². The van der Waals surface area contributed by atoms with E-state index in [0.717, 1.165) is 25.7 Å². The Kier molecular flexibility index (Phi) is 5.76. The molecule has 4 atom stereocenters. The van der Waals surface area contributed by atoms with Gasteiger partial charge in [-0.1, -0.05) is 37.1 Å². The van der Waals surface area contributed by atoms with Crippen LogP contribution in [0.5, 0.6) is 0 Å². The molecule has 2 N–H and O–H groups in total. The normalized spacial score (nSPS) is 40.0. The van der Waals surface area contributed by atoms with E-state index < -0.39 is 17.3 Å². The van der Waals surface area contributed by atoms with Gasteiger partial charge in [-0.2, -0.15) is 0 Å². The largest absolute Gasteiger partial charge is 0.390 e. The molecule has 2 heterocycles. The Labute approximate surface area is 141 Å². The number of hydrogen-bond acceptors (Lipinski definition) is 3. The molecule has 0 radical (unpaired) electrons. The van der Waals surface area contributed by atoms with Crippen molar-refractivity contribution in [2.24, 2.45) is 5.92 Å². The van der Waals surface area contributed by atoms with E-state index in [1.54, 1.807) is 0 Å². The summed E-state index contributed by atoms with van der Waals surface area (Å²) in [5, 5.41) is 21.5. The third-order valence-corrected chi connectivity index (χ3v) is 5.77. The van der Waals surface area contributed by atoms with Crippen molar-refractivity contribution in [3.8, 4) is 0 Å². The quantitative estimate of drug-likeness (QED) is 0.763. The smallest absolute Gasteiger partial charge is 0.0918 e. The number of aliphatic hydroxyl groups is 2. The van der Waals surface area contributed by atoms with Crippen LogP contribution in [0.1, 0.15) is 73.1 Å². The van der Waals surface area contributed by atoms with Crippen LogP contribution in [0.25, 0.3) is 0 Å². The molecule has 0 amide bonds.